The van der Waals surface area contributed by atoms with Crippen molar-refractivity contribution in [3.8, 4) is 17.6 Å². The Morgan fingerprint density at radius 1 is 1.11 bits per heavy atom. The Morgan fingerprint density at radius 3 is 2.71 bits per heavy atom. The zero-order valence-electron chi connectivity index (χ0n) is 14.6. The van der Waals surface area contributed by atoms with Gasteiger partial charge in [0.1, 0.15) is 12.4 Å². The molecule has 1 N–H and O–H groups in total. The van der Waals surface area contributed by atoms with Crippen LogP contribution >= 0.6 is 11.6 Å². The molecule has 0 radical (unpaired) electrons. The summed E-state index contributed by atoms with van der Waals surface area (Å²) in [6.07, 6.45) is 0. The SMILES string of the molecule is O=C(NCC#CCOc1cccc2ccccc12)c1cc([N+](=O)[O-])ccc1Cl. The summed E-state index contributed by atoms with van der Waals surface area (Å²) >= 11 is 5.93. The molecule has 3 rings (SSSR count). The molecule has 0 unspecified atom stereocenters. The van der Waals surface area contributed by atoms with Gasteiger partial charge in [-0.25, -0.2) is 0 Å². The first-order valence-electron chi connectivity index (χ1n) is 8.34. The van der Waals surface area contributed by atoms with E-state index in [1.54, 1.807) is 0 Å². The maximum absolute atomic E-state index is 12.1. The van der Waals surface area contributed by atoms with E-state index in [2.05, 4.69) is 17.2 Å². The van der Waals surface area contributed by atoms with E-state index in [0.29, 0.717) is 0 Å². The summed E-state index contributed by atoms with van der Waals surface area (Å²) in [5.74, 6) is 5.81. The van der Waals surface area contributed by atoms with Crippen molar-refractivity contribution in [2.75, 3.05) is 13.2 Å². The number of rotatable bonds is 5. The lowest BCUT2D eigenvalue weighted by Gasteiger charge is -2.06. The van der Waals surface area contributed by atoms with Gasteiger partial charge in [0.25, 0.3) is 11.6 Å². The molecule has 28 heavy (non-hydrogen) atoms. The van der Waals surface area contributed by atoms with Crippen LogP contribution in [0.15, 0.2) is 60.7 Å². The number of ether oxygens (including phenoxy) is 1. The summed E-state index contributed by atoms with van der Waals surface area (Å²) < 4.78 is 5.69. The van der Waals surface area contributed by atoms with Gasteiger partial charge in [-0.1, -0.05) is 59.8 Å². The highest BCUT2D eigenvalue weighted by Gasteiger charge is 2.15. The lowest BCUT2D eigenvalue weighted by molar-refractivity contribution is -0.384. The average molecular weight is 395 g/mol. The van der Waals surface area contributed by atoms with Gasteiger partial charge in [-0.15, -0.1) is 0 Å². The van der Waals surface area contributed by atoms with Crippen molar-refractivity contribution in [1.82, 2.24) is 5.32 Å². The first-order valence-corrected chi connectivity index (χ1v) is 8.72. The topological polar surface area (TPSA) is 81.5 Å². The molecule has 3 aromatic carbocycles. The molecule has 0 saturated carbocycles. The molecule has 0 heterocycles. The minimum Gasteiger partial charge on any atom is -0.480 e. The van der Waals surface area contributed by atoms with Gasteiger partial charge in [-0.2, -0.15) is 0 Å². The number of nitrogens with zero attached hydrogens (tertiary/aromatic N) is 1. The number of nitro benzene ring substituents is 1. The van der Waals surface area contributed by atoms with Gasteiger partial charge in [-0.05, 0) is 17.5 Å². The van der Waals surface area contributed by atoms with Crippen molar-refractivity contribution in [1.29, 1.82) is 0 Å². The third-order valence-electron chi connectivity index (χ3n) is 3.92. The number of non-ortho nitro benzene ring substituents is 1. The maximum Gasteiger partial charge on any atom is 0.270 e. The zero-order chi connectivity index (χ0) is 19.9. The van der Waals surface area contributed by atoms with Crippen LogP contribution in [0.2, 0.25) is 5.02 Å². The van der Waals surface area contributed by atoms with Crippen LogP contribution in [0.4, 0.5) is 5.69 Å². The highest BCUT2D eigenvalue weighted by Crippen LogP contribution is 2.25. The van der Waals surface area contributed by atoms with Gasteiger partial charge < -0.3 is 10.1 Å². The van der Waals surface area contributed by atoms with Crippen LogP contribution in [0.5, 0.6) is 5.75 Å². The largest absolute Gasteiger partial charge is 0.480 e. The van der Waals surface area contributed by atoms with E-state index >= 15 is 0 Å². The Labute approximate surface area is 166 Å². The standard InChI is InChI=1S/C21H15ClN2O4/c22-19-11-10-16(24(26)27)14-18(19)21(25)23-12-3-4-13-28-20-9-5-7-15-6-1-2-8-17(15)20/h1-2,5-11,14H,12-13H2,(H,23,25). The highest BCUT2D eigenvalue weighted by atomic mass is 35.5. The van der Waals surface area contributed by atoms with Gasteiger partial charge in [0.15, 0.2) is 0 Å². The van der Waals surface area contributed by atoms with Crippen molar-refractivity contribution < 1.29 is 14.5 Å². The molecule has 7 heteroatoms. The molecule has 0 aliphatic heterocycles. The van der Waals surface area contributed by atoms with Crippen LogP contribution < -0.4 is 10.1 Å². The zero-order valence-corrected chi connectivity index (χ0v) is 15.4. The van der Waals surface area contributed by atoms with Crippen molar-refractivity contribution >= 4 is 34.0 Å². The van der Waals surface area contributed by atoms with Gasteiger partial charge in [0.2, 0.25) is 0 Å². The third-order valence-corrected chi connectivity index (χ3v) is 4.25. The summed E-state index contributed by atoms with van der Waals surface area (Å²) in [6, 6.07) is 17.4. The second kappa shape index (κ2) is 8.89. The molecule has 0 bridgehead atoms. The maximum atomic E-state index is 12.1. The summed E-state index contributed by atoms with van der Waals surface area (Å²) in [4.78, 5) is 22.4. The Kier molecular flexibility index (Phi) is 6.10. The number of carbonyl (C=O) groups is 1. The fraction of sp³-hybridized carbons (Fsp3) is 0.0952. The van der Waals surface area contributed by atoms with Crippen LogP contribution in [0.1, 0.15) is 10.4 Å². The van der Waals surface area contributed by atoms with E-state index in [4.69, 9.17) is 16.3 Å². The van der Waals surface area contributed by atoms with E-state index in [1.807, 2.05) is 42.5 Å². The molecular weight excluding hydrogens is 380 g/mol. The Bertz CT molecular complexity index is 1100. The molecular formula is C21H15ClN2O4. The Balaban J connectivity index is 1.55. The summed E-state index contributed by atoms with van der Waals surface area (Å²) in [5, 5.41) is 15.6. The fourth-order valence-electron chi connectivity index (χ4n) is 2.57. The van der Waals surface area contributed by atoms with Crippen molar-refractivity contribution in [2.24, 2.45) is 0 Å². The first-order chi connectivity index (χ1) is 13.6. The number of halogens is 1. The lowest BCUT2D eigenvalue weighted by atomic mass is 10.1. The molecule has 0 fully saturated rings. The van der Waals surface area contributed by atoms with Crippen LogP contribution in [-0.4, -0.2) is 24.0 Å². The summed E-state index contributed by atoms with van der Waals surface area (Å²) in [6.45, 7) is 0.234. The second-order valence-corrected chi connectivity index (χ2v) is 6.13. The smallest absolute Gasteiger partial charge is 0.270 e. The molecule has 0 aromatic heterocycles. The fourth-order valence-corrected chi connectivity index (χ4v) is 2.77. The predicted molar refractivity (Wildman–Crippen MR) is 108 cm³/mol. The number of benzene rings is 3. The van der Waals surface area contributed by atoms with Crippen molar-refractivity contribution in [3.05, 3.63) is 81.4 Å². The predicted octanol–water partition coefficient (Wildman–Crippen LogP) is 4.21. The Hall–Kier alpha value is -3.56. The number of hydrogen-bond donors (Lipinski definition) is 1. The quantitative estimate of drug-likeness (QED) is 0.399. The van der Waals surface area contributed by atoms with E-state index < -0.39 is 10.8 Å². The minimum absolute atomic E-state index is 0.0321. The van der Waals surface area contributed by atoms with Crippen LogP contribution in [0.25, 0.3) is 10.8 Å². The number of amides is 1. The molecule has 0 aliphatic carbocycles. The Morgan fingerprint density at radius 2 is 1.89 bits per heavy atom. The van der Waals surface area contributed by atoms with E-state index in [1.165, 1.54) is 12.1 Å². The molecule has 0 aliphatic rings. The molecule has 3 aromatic rings. The minimum atomic E-state index is -0.586. The van der Waals surface area contributed by atoms with Crippen LogP contribution in [0, 0.1) is 22.0 Å². The van der Waals surface area contributed by atoms with Gasteiger partial charge in [-0.3, -0.25) is 14.9 Å². The van der Waals surface area contributed by atoms with Gasteiger partial charge >= 0.3 is 0 Å². The molecule has 0 saturated heterocycles. The van der Waals surface area contributed by atoms with Crippen molar-refractivity contribution in [2.45, 2.75) is 0 Å². The normalized spacial score (nSPS) is 10.0. The van der Waals surface area contributed by atoms with E-state index in [-0.39, 0.29) is 29.4 Å². The number of fused-ring (bicyclic) bond motifs is 1. The van der Waals surface area contributed by atoms with E-state index in [0.717, 1.165) is 22.6 Å². The molecule has 0 atom stereocenters. The van der Waals surface area contributed by atoms with Crippen LogP contribution in [0.3, 0.4) is 0 Å². The lowest BCUT2D eigenvalue weighted by Crippen LogP contribution is -2.24. The number of nitrogens with one attached hydrogen (secondary N) is 1. The molecule has 140 valence electrons. The highest BCUT2D eigenvalue weighted by molar-refractivity contribution is 6.33. The number of carbonyl (C=O) groups excluding carboxylic acids is 1. The first kappa shape index (κ1) is 19.2. The third kappa shape index (κ3) is 4.58. The molecule has 1 amide bonds. The van der Waals surface area contributed by atoms with Gasteiger partial charge in [0, 0.05) is 17.5 Å². The monoisotopic (exact) mass is 394 g/mol. The summed E-state index contributed by atoms with van der Waals surface area (Å²) in [7, 11) is 0. The average Bonchev–Trinajstić information content (AvgIpc) is 2.70. The number of hydrogen-bond acceptors (Lipinski definition) is 4. The molecule has 0 spiro atoms. The van der Waals surface area contributed by atoms with Crippen molar-refractivity contribution in [3.63, 3.8) is 0 Å². The van der Waals surface area contributed by atoms with Gasteiger partial charge in [0.05, 0.1) is 22.1 Å². The van der Waals surface area contributed by atoms with Crippen LogP contribution in [-0.2, 0) is 0 Å². The second-order valence-electron chi connectivity index (χ2n) is 5.72. The van der Waals surface area contributed by atoms with E-state index in [9.17, 15) is 14.9 Å². The number of nitro groups is 1. The molecule has 6 nitrogen and oxygen atoms in total. The summed E-state index contributed by atoms with van der Waals surface area (Å²) in [5.41, 5.74) is -0.172.